The molecule has 0 amide bonds. The van der Waals surface area contributed by atoms with E-state index in [4.69, 9.17) is 14.5 Å². The molecule has 0 fully saturated rings. The van der Waals surface area contributed by atoms with E-state index < -0.39 is 15.4 Å². The fourth-order valence-electron chi connectivity index (χ4n) is 1.57. The van der Waals surface area contributed by atoms with Crippen LogP contribution in [0.4, 0.5) is 0 Å². The van der Waals surface area contributed by atoms with E-state index in [2.05, 4.69) is 40.8 Å². The predicted molar refractivity (Wildman–Crippen MR) is 85.5 cm³/mol. The van der Waals surface area contributed by atoms with E-state index in [9.17, 15) is 0 Å². The van der Waals surface area contributed by atoms with E-state index in [-0.39, 0.29) is 11.1 Å². The van der Waals surface area contributed by atoms with Crippen molar-refractivity contribution in [1.82, 2.24) is 0 Å². The molecule has 5 heteroatoms. The quantitative estimate of drug-likeness (QED) is 0.530. The van der Waals surface area contributed by atoms with Gasteiger partial charge in [-0.25, -0.2) is 0 Å². The Morgan fingerprint density at radius 3 is 2.21 bits per heavy atom. The summed E-state index contributed by atoms with van der Waals surface area (Å²) in [5.74, 6) is 1.41. The van der Waals surface area contributed by atoms with Gasteiger partial charge in [0.15, 0.2) is 8.32 Å². The number of unbranched alkanes of at least 4 members (excludes halogenated alkanes) is 2. The first kappa shape index (κ1) is 18.9. The third kappa shape index (κ3) is 7.92. The van der Waals surface area contributed by atoms with Gasteiger partial charge in [0, 0.05) is 0 Å². The van der Waals surface area contributed by atoms with Crippen LogP contribution >= 0.6 is 0 Å². The minimum absolute atomic E-state index is 0.00533. The zero-order valence-electron chi connectivity index (χ0n) is 13.4. The zero-order chi connectivity index (χ0) is 15.1. The smallest absolute Gasteiger partial charge is 0.424 e. The molecule has 1 unspecified atom stereocenters. The molecule has 2 N–H and O–H groups in total. The van der Waals surface area contributed by atoms with E-state index >= 15 is 0 Å². The molecular weight excluding hydrogens is 255 g/mol. The lowest BCUT2D eigenvalue weighted by atomic mass is 9.90. The summed E-state index contributed by atoms with van der Waals surface area (Å²) in [6, 6.07) is 0. The van der Waals surface area contributed by atoms with Gasteiger partial charge in [-0.15, -0.1) is 0 Å². The van der Waals surface area contributed by atoms with Crippen LogP contribution in [0.15, 0.2) is 12.1 Å². The molecule has 0 spiro atoms. The molecule has 0 aliphatic heterocycles. The summed E-state index contributed by atoms with van der Waals surface area (Å²) in [5.41, 5.74) is 0. The molecule has 1 atom stereocenters. The summed E-state index contributed by atoms with van der Waals surface area (Å²) in [6.07, 6.45) is 6.23. The van der Waals surface area contributed by atoms with Crippen molar-refractivity contribution < 1.29 is 14.5 Å². The van der Waals surface area contributed by atoms with Gasteiger partial charge in [0.05, 0.1) is 6.10 Å². The molecule has 0 radical (unpaired) electrons. The Kier molecular flexibility index (Phi) is 8.20. The van der Waals surface area contributed by atoms with Crippen LogP contribution in [0.5, 0.6) is 0 Å². The normalized spacial score (nSPS) is 14.9. The number of rotatable bonds is 8. The highest BCUT2D eigenvalue weighted by Gasteiger charge is 2.38. The van der Waals surface area contributed by atoms with Crippen molar-refractivity contribution in [1.29, 1.82) is 0 Å². The molecule has 0 aromatic heterocycles. The van der Waals surface area contributed by atoms with Crippen molar-refractivity contribution in [3.8, 4) is 0 Å². The molecule has 19 heavy (non-hydrogen) atoms. The van der Waals surface area contributed by atoms with Crippen LogP contribution in [0.25, 0.3) is 0 Å². The molecule has 3 nitrogen and oxygen atoms in total. The van der Waals surface area contributed by atoms with Gasteiger partial charge in [0.1, 0.15) is 0 Å². The molecule has 0 aromatic carbocycles. The van der Waals surface area contributed by atoms with Crippen LogP contribution in [0.2, 0.25) is 18.1 Å². The topological polar surface area (TPSA) is 49.7 Å². The maximum absolute atomic E-state index is 8.96. The Labute approximate surface area is 120 Å². The largest absolute Gasteiger partial charge is 0.480 e. The van der Waals surface area contributed by atoms with Crippen molar-refractivity contribution in [2.75, 3.05) is 0 Å². The predicted octanol–water partition coefficient (Wildman–Crippen LogP) is 3.53. The standard InChI is InChI=1S/C14H31BO3Si/c1-7-8-9-10-13(11-12-15(16)17)18-19(5,6)14(2,3)4/h11-13,16-17H,7-10H2,1-6H3/b12-11+. The first-order chi connectivity index (χ1) is 8.60. The first-order valence-corrected chi connectivity index (χ1v) is 10.2. The highest BCUT2D eigenvalue weighted by molar-refractivity contribution is 6.74. The third-order valence-corrected chi connectivity index (χ3v) is 8.35. The van der Waals surface area contributed by atoms with E-state index in [0.29, 0.717) is 0 Å². The summed E-state index contributed by atoms with van der Waals surface area (Å²) in [5, 5.41) is 18.1. The van der Waals surface area contributed by atoms with Crippen LogP contribution in [-0.4, -0.2) is 31.6 Å². The Bertz CT molecular complexity index is 272. The molecule has 0 aromatic rings. The van der Waals surface area contributed by atoms with E-state index in [1.807, 2.05) is 0 Å². The maximum Gasteiger partial charge on any atom is 0.480 e. The lowest BCUT2D eigenvalue weighted by molar-refractivity contribution is 0.211. The summed E-state index contributed by atoms with van der Waals surface area (Å²) < 4.78 is 6.33. The molecule has 0 bridgehead atoms. The average Bonchev–Trinajstić information content (AvgIpc) is 2.24. The molecule has 0 saturated heterocycles. The van der Waals surface area contributed by atoms with Gasteiger partial charge in [-0.2, -0.15) is 0 Å². The molecule has 0 aliphatic rings. The lowest BCUT2D eigenvalue weighted by Gasteiger charge is -2.38. The Hall–Kier alpha value is -0.0982. The average molecular weight is 286 g/mol. The van der Waals surface area contributed by atoms with Crippen LogP contribution < -0.4 is 0 Å². The first-order valence-electron chi connectivity index (χ1n) is 7.32. The van der Waals surface area contributed by atoms with Crippen molar-refractivity contribution in [2.24, 2.45) is 0 Å². The van der Waals surface area contributed by atoms with E-state index in [1.54, 1.807) is 6.08 Å². The van der Waals surface area contributed by atoms with Gasteiger partial charge >= 0.3 is 7.12 Å². The van der Waals surface area contributed by atoms with Gasteiger partial charge < -0.3 is 14.5 Å². The van der Waals surface area contributed by atoms with Gasteiger partial charge in [-0.3, -0.25) is 0 Å². The Morgan fingerprint density at radius 1 is 1.21 bits per heavy atom. The van der Waals surface area contributed by atoms with Gasteiger partial charge in [0.25, 0.3) is 0 Å². The van der Waals surface area contributed by atoms with Crippen LogP contribution in [0.3, 0.4) is 0 Å². The third-order valence-electron chi connectivity index (χ3n) is 3.84. The molecule has 0 heterocycles. The molecule has 0 aliphatic carbocycles. The summed E-state index contributed by atoms with van der Waals surface area (Å²) in [4.78, 5) is 0. The zero-order valence-corrected chi connectivity index (χ0v) is 14.4. The van der Waals surface area contributed by atoms with Crippen molar-refractivity contribution in [2.45, 2.75) is 77.6 Å². The second-order valence-electron chi connectivity index (χ2n) is 6.71. The van der Waals surface area contributed by atoms with Gasteiger partial charge in [-0.1, -0.05) is 59.0 Å². The fourth-order valence-corrected chi connectivity index (χ4v) is 2.88. The number of hydrogen-bond donors (Lipinski definition) is 2. The monoisotopic (exact) mass is 286 g/mol. The summed E-state index contributed by atoms with van der Waals surface area (Å²) >= 11 is 0. The van der Waals surface area contributed by atoms with Crippen LogP contribution in [0.1, 0.15) is 53.4 Å². The Morgan fingerprint density at radius 2 is 1.79 bits per heavy atom. The highest BCUT2D eigenvalue weighted by Crippen LogP contribution is 2.37. The minimum atomic E-state index is -1.81. The van der Waals surface area contributed by atoms with Crippen molar-refractivity contribution >= 4 is 15.4 Å². The maximum atomic E-state index is 8.96. The van der Waals surface area contributed by atoms with E-state index in [1.165, 1.54) is 18.8 Å². The second-order valence-corrected chi connectivity index (χ2v) is 11.5. The molecule has 112 valence electrons. The van der Waals surface area contributed by atoms with Crippen molar-refractivity contribution in [3.63, 3.8) is 0 Å². The molecule has 0 saturated carbocycles. The summed E-state index contributed by atoms with van der Waals surface area (Å²) in [7, 11) is -3.21. The van der Waals surface area contributed by atoms with E-state index in [0.717, 1.165) is 12.8 Å². The molecule has 0 rings (SSSR count). The minimum Gasteiger partial charge on any atom is -0.424 e. The number of hydrogen-bond acceptors (Lipinski definition) is 3. The SMILES string of the molecule is CCCCCC(/C=C/B(O)O)O[Si](C)(C)C(C)(C)C. The van der Waals surface area contributed by atoms with Crippen LogP contribution in [0, 0.1) is 0 Å². The lowest BCUT2D eigenvalue weighted by Crippen LogP contribution is -2.43. The fraction of sp³-hybridized carbons (Fsp3) is 0.857. The van der Waals surface area contributed by atoms with Gasteiger partial charge in [0.2, 0.25) is 0 Å². The molecular formula is C14H31BO3Si. The Balaban J connectivity index is 4.65. The second kappa shape index (κ2) is 8.25. The van der Waals surface area contributed by atoms with Gasteiger partial charge in [-0.05, 0) is 24.6 Å². The highest BCUT2D eigenvalue weighted by atomic mass is 28.4. The summed E-state index contributed by atoms with van der Waals surface area (Å²) in [6.45, 7) is 13.3. The van der Waals surface area contributed by atoms with Crippen LogP contribution in [-0.2, 0) is 4.43 Å². The van der Waals surface area contributed by atoms with Crippen molar-refractivity contribution in [3.05, 3.63) is 12.1 Å².